The standard InChI is InChI=1S/C18H30N6O2/c1-21-5-3-6-23(9-8-21)14-17(25)19-11-15-4-7-24(13-15)16-10-18(26)22(2)20-12-16/h10,12,15H,3-9,11,13-14H2,1-2H3,(H,19,25). The molecule has 1 atom stereocenters. The molecule has 1 aromatic heterocycles. The molecule has 2 fully saturated rings. The van der Waals surface area contributed by atoms with Crippen LogP contribution in [0.5, 0.6) is 0 Å². The molecule has 2 aliphatic rings. The molecule has 1 amide bonds. The predicted molar refractivity (Wildman–Crippen MR) is 101 cm³/mol. The molecule has 8 nitrogen and oxygen atoms in total. The monoisotopic (exact) mass is 362 g/mol. The van der Waals surface area contributed by atoms with Gasteiger partial charge in [-0.15, -0.1) is 0 Å². The van der Waals surface area contributed by atoms with Gasteiger partial charge in [0.15, 0.2) is 0 Å². The van der Waals surface area contributed by atoms with Gasteiger partial charge in [-0.05, 0) is 38.9 Å². The minimum absolute atomic E-state index is 0.0950. The number of aryl methyl sites for hydroxylation is 1. The van der Waals surface area contributed by atoms with Crippen molar-refractivity contribution in [2.75, 3.05) is 64.3 Å². The van der Waals surface area contributed by atoms with Crippen LogP contribution in [0.25, 0.3) is 0 Å². The first-order chi connectivity index (χ1) is 12.5. The van der Waals surface area contributed by atoms with Crippen LogP contribution in [0.4, 0.5) is 5.69 Å². The molecular weight excluding hydrogens is 332 g/mol. The number of nitrogens with one attached hydrogen (secondary N) is 1. The van der Waals surface area contributed by atoms with Gasteiger partial charge in [-0.2, -0.15) is 5.10 Å². The van der Waals surface area contributed by atoms with Crippen molar-refractivity contribution in [2.45, 2.75) is 12.8 Å². The molecule has 0 saturated carbocycles. The van der Waals surface area contributed by atoms with Crippen molar-refractivity contribution in [3.8, 4) is 0 Å². The van der Waals surface area contributed by atoms with Gasteiger partial charge in [0, 0.05) is 45.8 Å². The van der Waals surface area contributed by atoms with Crippen molar-refractivity contribution in [2.24, 2.45) is 13.0 Å². The summed E-state index contributed by atoms with van der Waals surface area (Å²) in [7, 11) is 3.78. The summed E-state index contributed by atoms with van der Waals surface area (Å²) in [6, 6.07) is 1.63. The van der Waals surface area contributed by atoms with Gasteiger partial charge in [0.25, 0.3) is 5.56 Å². The van der Waals surface area contributed by atoms with Crippen LogP contribution in [0.1, 0.15) is 12.8 Å². The third-order valence-corrected chi connectivity index (χ3v) is 5.37. The Hall–Kier alpha value is -1.93. The Labute approximate surface area is 154 Å². The Morgan fingerprint density at radius 1 is 1.23 bits per heavy atom. The second kappa shape index (κ2) is 8.64. The molecule has 2 saturated heterocycles. The Morgan fingerprint density at radius 2 is 2.08 bits per heavy atom. The molecule has 1 N–H and O–H groups in total. The molecule has 0 spiro atoms. The number of aromatic nitrogens is 2. The van der Waals surface area contributed by atoms with Crippen molar-refractivity contribution in [3.63, 3.8) is 0 Å². The first kappa shape index (κ1) is 18.8. The summed E-state index contributed by atoms with van der Waals surface area (Å²) < 4.78 is 1.33. The Kier molecular flexibility index (Phi) is 6.26. The van der Waals surface area contributed by atoms with Crippen molar-refractivity contribution < 1.29 is 4.79 Å². The van der Waals surface area contributed by atoms with Gasteiger partial charge in [0.1, 0.15) is 0 Å². The lowest BCUT2D eigenvalue weighted by atomic mass is 10.1. The highest BCUT2D eigenvalue weighted by Crippen LogP contribution is 2.21. The normalized spacial score (nSPS) is 22.4. The molecule has 0 radical (unpaired) electrons. The van der Waals surface area contributed by atoms with Crippen LogP contribution in [0.2, 0.25) is 0 Å². The number of amides is 1. The zero-order valence-electron chi connectivity index (χ0n) is 15.9. The summed E-state index contributed by atoms with van der Waals surface area (Å²) in [5.41, 5.74) is 0.776. The molecular formula is C18H30N6O2. The fourth-order valence-corrected chi connectivity index (χ4v) is 3.64. The van der Waals surface area contributed by atoms with Crippen LogP contribution >= 0.6 is 0 Å². The third-order valence-electron chi connectivity index (χ3n) is 5.37. The molecule has 2 aliphatic heterocycles. The maximum absolute atomic E-state index is 12.3. The second-order valence-electron chi connectivity index (χ2n) is 7.51. The first-order valence-corrected chi connectivity index (χ1v) is 9.47. The van der Waals surface area contributed by atoms with Crippen molar-refractivity contribution >= 4 is 11.6 Å². The van der Waals surface area contributed by atoms with Crippen LogP contribution in [0.15, 0.2) is 17.1 Å². The lowest BCUT2D eigenvalue weighted by Crippen LogP contribution is -2.40. The molecule has 0 aliphatic carbocycles. The molecule has 26 heavy (non-hydrogen) atoms. The van der Waals surface area contributed by atoms with E-state index in [4.69, 9.17) is 0 Å². The summed E-state index contributed by atoms with van der Waals surface area (Å²) in [5.74, 6) is 0.529. The van der Waals surface area contributed by atoms with E-state index in [0.29, 0.717) is 19.0 Å². The Balaban J connectivity index is 1.42. The van der Waals surface area contributed by atoms with Gasteiger partial charge in [-0.1, -0.05) is 0 Å². The van der Waals surface area contributed by atoms with E-state index >= 15 is 0 Å². The highest BCUT2D eigenvalue weighted by atomic mass is 16.2. The van der Waals surface area contributed by atoms with Crippen LogP contribution < -0.4 is 15.8 Å². The fourth-order valence-electron chi connectivity index (χ4n) is 3.64. The third kappa shape index (κ3) is 5.04. The number of likely N-dealkylation sites (N-methyl/N-ethyl adjacent to an activating group) is 1. The minimum atomic E-state index is -0.0950. The minimum Gasteiger partial charge on any atom is -0.370 e. The fraction of sp³-hybridized carbons (Fsp3) is 0.722. The van der Waals surface area contributed by atoms with E-state index in [9.17, 15) is 9.59 Å². The molecule has 0 aromatic carbocycles. The predicted octanol–water partition coefficient (Wildman–Crippen LogP) is -0.640. The molecule has 144 valence electrons. The molecule has 0 bridgehead atoms. The average molecular weight is 362 g/mol. The Bertz CT molecular complexity index is 676. The molecule has 8 heteroatoms. The van der Waals surface area contributed by atoms with E-state index in [-0.39, 0.29) is 11.5 Å². The SMILES string of the molecule is CN1CCCN(CC(=O)NCC2CCN(c3cnn(C)c(=O)c3)C2)CC1. The zero-order valence-corrected chi connectivity index (χ0v) is 15.9. The van der Waals surface area contributed by atoms with Crippen LogP contribution in [0, 0.1) is 5.92 Å². The number of carbonyl (C=O) groups is 1. The molecule has 3 heterocycles. The van der Waals surface area contributed by atoms with Gasteiger partial charge in [0.2, 0.25) is 5.91 Å². The number of carbonyl (C=O) groups excluding carboxylic acids is 1. The molecule has 1 aromatic rings. The van der Waals surface area contributed by atoms with E-state index in [2.05, 4.69) is 32.2 Å². The van der Waals surface area contributed by atoms with E-state index in [1.165, 1.54) is 4.68 Å². The number of rotatable bonds is 5. The zero-order chi connectivity index (χ0) is 18.5. The number of hydrogen-bond donors (Lipinski definition) is 1. The van der Waals surface area contributed by atoms with Crippen molar-refractivity contribution in [1.29, 1.82) is 0 Å². The number of anilines is 1. The number of nitrogens with zero attached hydrogens (tertiary/aromatic N) is 5. The number of hydrogen-bond acceptors (Lipinski definition) is 6. The summed E-state index contributed by atoms with van der Waals surface area (Å²) >= 11 is 0. The summed E-state index contributed by atoms with van der Waals surface area (Å²) in [6.07, 6.45) is 3.87. The lowest BCUT2D eigenvalue weighted by molar-refractivity contribution is -0.122. The quantitative estimate of drug-likeness (QED) is 0.751. The lowest BCUT2D eigenvalue weighted by Gasteiger charge is -2.20. The van der Waals surface area contributed by atoms with E-state index in [0.717, 1.165) is 57.8 Å². The van der Waals surface area contributed by atoms with Crippen molar-refractivity contribution in [1.82, 2.24) is 24.9 Å². The summed E-state index contributed by atoms with van der Waals surface area (Å²) in [4.78, 5) is 30.7. The average Bonchev–Trinajstić information content (AvgIpc) is 3.00. The summed E-state index contributed by atoms with van der Waals surface area (Å²) in [6.45, 7) is 7.01. The van der Waals surface area contributed by atoms with Crippen molar-refractivity contribution in [3.05, 3.63) is 22.6 Å². The maximum atomic E-state index is 12.3. The van der Waals surface area contributed by atoms with Gasteiger partial charge in [-0.25, -0.2) is 4.68 Å². The molecule has 1 unspecified atom stereocenters. The van der Waals surface area contributed by atoms with E-state index in [1.807, 2.05) is 0 Å². The second-order valence-corrected chi connectivity index (χ2v) is 7.51. The van der Waals surface area contributed by atoms with Crippen LogP contribution in [-0.2, 0) is 11.8 Å². The topological polar surface area (TPSA) is 73.7 Å². The Morgan fingerprint density at radius 3 is 2.88 bits per heavy atom. The highest BCUT2D eigenvalue weighted by Gasteiger charge is 2.24. The van der Waals surface area contributed by atoms with Gasteiger partial charge < -0.3 is 15.1 Å². The van der Waals surface area contributed by atoms with Gasteiger partial charge in [-0.3, -0.25) is 14.5 Å². The first-order valence-electron chi connectivity index (χ1n) is 9.47. The summed E-state index contributed by atoms with van der Waals surface area (Å²) in [5, 5.41) is 7.18. The van der Waals surface area contributed by atoms with E-state index in [1.54, 1.807) is 19.3 Å². The maximum Gasteiger partial charge on any atom is 0.268 e. The smallest absolute Gasteiger partial charge is 0.268 e. The molecule has 3 rings (SSSR count). The van der Waals surface area contributed by atoms with Gasteiger partial charge >= 0.3 is 0 Å². The van der Waals surface area contributed by atoms with Gasteiger partial charge in [0.05, 0.1) is 18.4 Å². The largest absolute Gasteiger partial charge is 0.370 e. The van der Waals surface area contributed by atoms with E-state index < -0.39 is 0 Å². The van der Waals surface area contributed by atoms with Crippen LogP contribution in [0.3, 0.4) is 0 Å². The highest BCUT2D eigenvalue weighted by molar-refractivity contribution is 5.78. The van der Waals surface area contributed by atoms with Crippen LogP contribution in [-0.4, -0.2) is 84.9 Å².